The van der Waals surface area contributed by atoms with E-state index < -0.39 is 0 Å². The lowest BCUT2D eigenvalue weighted by atomic mass is 9.95. The summed E-state index contributed by atoms with van der Waals surface area (Å²) in [7, 11) is 0. The number of hydrogen-bond acceptors (Lipinski definition) is 1. The Morgan fingerprint density at radius 3 is 2.23 bits per heavy atom. The normalized spacial score (nSPS) is 19.2. The van der Waals surface area contributed by atoms with Gasteiger partial charge in [0.2, 0.25) is 0 Å². The third-order valence-corrected chi connectivity index (χ3v) is 1.92. The monoisotopic (exact) mass is 179 g/mol. The van der Waals surface area contributed by atoms with E-state index >= 15 is 0 Å². The molecule has 0 atom stereocenters. The topological polar surface area (TPSA) is 12.4 Å². The van der Waals surface area contributed by atoms with Crippen LogP contribution in [0.25, 0.3) is 0 Å². The van der Waals surface area contributed by atoms with E-state index in [0.717, 1.165) is 5.70 Å². The van der Waals surface area contributed by atoms with Crippen LogP contribution in [0.1, 0.15) is 41.5 Å². The molecule has 0 saturated heterocycles. The van der Waals surface area contributed by atoms with E-state index in [1.807, 2.05) is 27.0 Å². The molecule has 0 bridgehead atoms. The molecule has 0 radical (unpaired) electrons. The molecule has 1 rings (SSSR count). The molecule has 0 N–H and O–H groups in total. The quantitative estimate of drug-likeness (QED) is 0.533. The van der Waals surface area contributed by atoms with Crippen molar-refractivity contribution in [2.75, 3.05) is 0 Å². The molecule has 1 heterocycles. The Labute approximate surface area is 82.3 Å². The van der Waals surface area contributed by atoms with Crippen LogP contribution in [0.2, 0.25) is 0 Å². The van der Waals surface area contributed by atoms with Crippen LogP contribution in [0.3, 0.4) is 0 Å². The van der Waals surface area contributed by atoms with Crippen molar-refractivity contribution in [3.05, 3.63) is 23.4 Å². The standard InChI is InChI=1S/C10H15N.C2H6/c1-8-5-6-10(3,4)7-11-9(8)2;1-2/h5-7H,1-4H3;1-2H3. The Morgan fingerprint density at radius 1 is 1.15 bits per heavy atom. The van der Waals surface area contributed by atoms with Gasteiger partial charge in [-0.15, -0.1) is 0 Å². The highest BCUT2D eigenvalue weighted by Crippen LogP contribution is 2.20. The summed E-state index contributed by atoms with van der Waals surface area (Å²) in [6, 6.07) is 0. The fourth-order valence-electron chi connectivity index (χ4n) is 0.868. The lowest BCUT2D eigenvalue weighted by Crippen LogP contribution is -2.07. The van der Waals surface area contributed by atoms with Gasteiger partial charge in [-0.25, -0.2) is 0 Å². The minimum Gasteiger partial charge on any atom is -0.265 e. The van der Waals surface area contributed by atoms with E-state index in [1.165, 1.54) is 5.57 Å². The van der Waals surface area contributed by atoms with Crippen molar-refractivity contribution < 1.29 is 0 Å². The summed E-state index contributed by atoms with van der Waals surface area (Å²) in [5.41, 5.74) is 2.48. The fourth-order valence-corrected chi connectivity index (χ4v) is 0.868. The summed E-state index contributed by atoms with van der Waals surface area (Å²) in [6.07, 6.45) is 6.32. The fraction of sp³-hybridized carbons (Fsp3) is 0.583. The molecule has 0 unspecified atom stereocenters. The van der Waals surface area contributed by atoms with E-state index in [9.17, 15) is 0 Å². The summed E-state index contributed by atoms with van der Waals surface area (Å²) < 4.78 is 0. The summed E-state index contributed by atoms with van der Waals surface area (Å²) in [4.78, 5) is 4.35. The van der Waals surface area contributed by atoms with Crippen LogP contribution in [0.15, 0.2) is 28.4 Å². The van der Waals surface area contributed by atoms with Crippen molar-refractivity contribution in [2.24, 2.45) is 10.4 Å². The Kier molecular flexibility index (Phi) is 4.68. The van der Waals surface area contributed by atoms with Crippen LogP contribution in [0, 0.1) is 5.41 Å². The smallest absolute Gasteiger partial charge is 0.0398 e. The van der Waals surface area contributed by atoms with Crippen molar-refractivity contribution in [1.29, 1.82) is 0 Å². The highest BCUT2D eigenvalue weighted by molar-refractivity contribution is 5.70. The molecule has 0 fully saturated rings. The minimum absolute atomic E-state index is 0.110. The van der Waals surface area contributed by atoms with Crippen LogP contribution in [0.5, 0.6) is 0 Å². The zero-order valence-electron chi connectivity index (χ0n) is 9.68. The third-order valence-electron chi connectivity index (χ3n) is 1.92. The number of nitrogens with zero attached hydrogens (tertiary/aromatic N) is 1. The van der Waals surface area contributed by atoms with E-state index in [0.29, 0.717) is 0 Å². The van der Waals surface area contributed by atoms with Crippen molar-refractivity contribution in [1.82, 2.24) is 0 Å². The van der Waals surface area contributed by atoms with Crippen LogP contribution >= 0.6 is 0 Å². The number of aliphatic imine (C=N–C) groups is 1. The molecule has 1 aliphatic heterocycles. The van der Waals surface area contributed by atoms with E-state index in [2.05, 4.69) is 37.9 Å². The first-order valence-electron chi connectivity index (χ1n) is 4.93. The SMILES string of the molecule is CC.CC1=C(C)N=CC(C)(C)C=C1. The molecule has 1 heteroatoms. The lowest BCUT2D eigenvalue weighted by Gasteiger charge is -2.10. The van der Waals surface area contributed by atoms with Crippen molar-refractivity contribution in [3.8, 4) is 0 Å². The Balaban J connectivity index is 0.000000671. The molecule has 0 saturated carbocycles. The van der Waals surface area contributed by atoms with Crippen molar-refractivity contribution in [3.63, 3.8) is 0 Å². The average molecular weight is 179 g/mol. The molecule has 0 aromatic rings. The first-order chi connectivity index (χ1) is 6.01. The predicted molar refractivity (Wildman–Crippen MR) is 61.1 cm³/mol. The van der Waals surface area contributed by atoms with Gasteiger partial charge in [-0.2, -0.15) is 0 Å². The molecular weight excluding hydrogens is 158 g/mol. The highest BCUT2D eigenvalue weighted by Gasteiger charge is 2.11. The molecule has 1 nitrogen and oxygen atoms in total. The second kappa shape index (κ2) is 5.00. The van der Waals surface area contributed by atoms with Crippen molar-refractivity contribution in [2.45, 2.75) is 41.5 Å². The first-order valence-corrected chi connectivity index (χ1v) is 4.93. The zero-order valence-corrected chi connectivity index (χ0v) is 9.68. The summed E-state index contributed by atoms with van der Waals surface area (Å²) in [5.74, 6) is 0. The van der Waals surface area contributed by atoms with Gasteiger partial charge in [-0.1, -0.05) is 39.8 Å². The van der Waals surface area contributed by atoms with Crippen LogP contribution in [-0.2, 0) is 0 Å². The summed E-state index contributed by atoms with van der Waals surface area (Å²) in [5, 5.41) is 0. The van der Waals surface area contributed by atoms with Gasteiger partial charge in [0.1, 0.15) is 0 Å². The van der Waals surface area contributed by atoms with Gasteiger partial charge >= 0.3 is 0 Å². The molecule has 13 heavy (non-hydrogen) atoms. The van der Waals surface area contributed by atoms with Gasteiger partial charge in [0, 0.05) is 17.3 Å². The van der Waals surface area contributed by atoms with Crippen LogP contribution in [0.4, 0.5) is 0 Å². The Morgan fingerprint density at radius 2 is 1.69 bits per heavy atom. The van der Waals surface area contributed by atoms with E-state index in [1.54, 1.807) is 0 Å². The minimum atomic E-state index is 0.110. The first kappa shape index (κ1) is 12.2. The third kappa shape index (κ3) is 4.07. The van der Waals surface area contributed by atoms with E-state index in [-0.39, 0.29) is 5.41 Å². The second-order valence-electron chi connectivity index (χ2n) is 3.68. The Hall–Kier alpha value is -0.850. The Bertz CT molecular complexity index is 218. The maximum atomic E-state index is 4.35. The molecular formula is C12H21N. The molecule has 74 valence electrons. The van der Waals surface area contributed by atoms with Gasteiger partial charge in [0.15, 0.2) is 0 Å². The van der Waals surface area contributed by atoms with E-state index in [4.69, 9.17) is 0 Å². The lowest BCUT2D eigenvalue weighted by molar-refractivity contribution is 0.694. The summed E-state index contributed by atoms with van der Waals surface area (Å²) >= 11 is 0. The van der Waals surface area contributed by atoms with Gasteiger partial charge < -0.3 is 0 Å². The molecule has 0 aliphatic carbocycles. The maximum Gasteiger partial charge on any atom is 0.0398 e. The second-order valence-corrected chi connectivity index (χ2v) is 3.68. The van der Waals surface area contributed by atoms with Gasteiger partial charge in [0.05, 0.1) is 0 Å². The predicted octanol–water partition coefficient (Wildman–Crippen LogP) is 3.97. The molecule has 0 amide bonds. The van der Waals surface area contributed by atoms with Crippen LogP contribution < -0.4 is 0 Å². The molecule has 0 spiro atoms. The zero-order chi connectivity index (χ0) is 10.5. The largest absolute Gasteiger partial charge is 0.265 e. The van der Waals surface area contributed by atoms with Gasteiger partial charge in [0.25, 0.3) is 0 Å². The summed E-state index contributed by atoms with van der Waals surface area (Å²) in [6.45, 7) is 12.4. The molecule has 0 aromatic carbocycles. The van der Waals surface area contributed by atoms with Gasteiger partial charge in [-0.3, -0.25) is 4.99 Å². The molecule has 0 aromatic heterocycles. The van der Waals surface area contributed by atoms with Crippen molar-refractivity contribution >= 4 is 6.21 Å². The van der Waals surface area contributed by atoms with Gasteiger partial charge in [-0.05, 0) is 19.4 Å². The average Bonchev–Trinajstić information content (AvgIpc) is 2.23. The maximum absolute atomic E-state index is 4.35. The van der Waals surface area contributed by atoms with Crippen LogP contribution in [-0.4, -0.2) is 6.21 Å². The molecule has 1 aliphatic rings. The number of hydrogen-bond donors (Lipinski definition) is 0. The number of rotatable bonds is 0. The number of allylic oxidation sites excluding steroid dienone is 4. The highest BCUT2D eigenvalue weighted by atomic mass is 14.7.